The first-order valence-corrected chi connectivity index (χ1v) is 7.85. The molecule has 1 aromatic rings. The van der Waals surface area contributed by atoms with Crippen LogP contribution >= 0.6 is 0 Å². The Hall–Kier alpha value is -1.65. The quantitative estimate of drug-likeness (QED) is 0.709. The number of hydrogen-bond donors (Lipinski definition) is 1. The van der Waals surface area contributed by atoms with Crippen LogP contribution in [-0.2, 0) is 20.7 Å². The Balaban J connectivity index is 2.44. The molecule has 128 valence electrons. The van der Waals surface area contributed by atoms with Gasteiger partial charge in [-0.2, -0.15) is 0 Å². The zero-order valence-corrected chi connectivity index (χ0v) is 14.6. The van der Waals surface area contributed by atoms with Crippen molar-refractivity contribution in [2.45, 2.75) is 51.7 Å². The van der Waals surface area contributed by atoms with Crippen molar-refractivity contribution >= 4 is 12.0 Å². The van der Waals surface area contributed by atoms with Gasteiger partial charge in [-0.05, 0) is 45.2 Å². The van der Waals surface area contributed by atoms with E-state index in [1.165, 1.54) is 5.56 Å². The van der Waals surface area contributed by atoms with E-state index in [0.29, 0.717) is 13.0 Å². The van der Waals surface area contributed by atoms with Gasteiger partial charge in [-0.15, -0.1) is 0 Å². The molecule has 4 heteroatoms. The van der Waals surface area contributed by atoms with E-state index < -0.39 is 11.6 Å². The smallest absolute Gasteiger partial charge is 0.329 e. The lowest BCUT2D eigenvalue weighted by Gasteiger charge is -2.29. The first kappa shape index (κ1) is 19.4. The van der Waals surface area contributed by atoms with Gasteiger partial charge in [0.25, 0.3) is 0 Å². The highest BCUT2D eigenvalue weighted by atomic mass is 16.5. The standard InChI is InChI=1S/C19H28O4/c1-6-15-7-9-16(10-8-15)13-19(4,5)22-12-11-18(2,3)23-14-17(20)21/h6-10H,1,11-14H2,2-5H3,(H,20,21). The molecule has 1 N–H and O–H groups in total. The van der Waals surface area contributed by atoms with Crippen LogP contribution in [0.15, 0.2) is 30.8 Å². The Morgan fingerprint density at radius 2 is 1.74 bits per heavy atom. The minimum Gasteiger partial charge on any atom is -0.480 e. The molecule has 1 rings (SSSR count). The molecule has 0 radical (unpaired) electrons. The lowest BCUT2D eigenvalue weighted by atomic mass is 9.97. The van der Waals surface area contributed by atoms with E-state index in [-0.39, 0.29) is 12.2 Å². The van der Waals surface area contributed by atoms with Gasteiger partial charge in [-0.25, -0.2) is 4.79 Å². The number of carboxylic acid groups (broad SMARTS) is 1. The van der Waals surface area contributed by atoms with Gasteiger partial charge >= 0.3 is 5.97 Å². The Morgan fingerprint density at radius 3 is 2.26 bits per heavy atom. The average Bonchev–Trinajstić information content (AvgIpc) is 2.45. The van der Waals surface area contributed by atoms with Crippen molar-refractivity contribution in [3.63, 3.8) is 0 Å². The van der Waals surface area contributed by atoms with Crippen LogP contribution in [0.2, 0.25) is 0 Å². The normalized spacial score (nSPS) is 12.2. The SMILES string of the molecule is C=Cc1ccc(CC(C)(C)OCCC(C)(C)OCC(=O)O)cc1. The first-order valence-electron chi connectivity index (χ1n) is 7.85. The van der Waals surface area contributed by atoms with Gasteiger partial charge in [-0.1, -0.05) is 36.9 Å². The number of aliphatic carboxylic acids is 1. The number of carboxylic acids is 1. The predicted molar refractivity (Wildman–Crippen MR) is 92.6 cm³/mol. The van der Waals surface area contributed by atoms with E-state index >= 15 is 0 Å². The summed E-state index contributed by atoms with van der Waals surface area (Å²) < 4.78 is 11.3. The van der Waals surface area contributed by atoms with Gasteiger partial charge in [0.1, 0.15) is 6.61 Å². The van der Waals surface area contributed by atoms with Crippen LogP contribution in [-0.4, -0.2) is 35.5 Å². The third-order valence-corrected chi connectivity index (χ3v) is 3.63. The van der Waals surface area contributed by atoms with Crippen molar-refractivity contribution in [3.8, 4) is 0 Å². The molecule has 23 heavy (non-hydrogen) atoms. The molecule has 0 bridgehead atoms. The van der Waals surface area contributed by atoms with Crippen LogP contribution in [0.5, 0.6) is 0 Å². The van der Waals surface area contributed by atoms with E-state index in [0.717, 1.165) is 12.0 Å². The van der Waals surface area contributed by atoms with Crippen LogP contribution < -0.4 is 0 Å². The highest BCUT2D eigenvalue weighted by Crippen LogP contribution is 2.21. The molecule has 1 aromatic carbocycles. The minimum absolute atomic E-state index is 0.286. The molecule has 0 aliphatic heterocycles. The maximum Gasteiger partial charge on any atom is 0.329 e. The van der Waals surface area contributed by atoms with Crippen molar-refractivity contribution < 1.29 is 19.4 Å². The van der Waals surface area contributed by atoms with Gasteiger partial charge < -0.3 is 14.6 Å². The third-order valence-electron chi connectivity index (χ3n) is 3.63. The Labute approximate surface area is 139 Å². The molecule has 0 saturated heterocycles. The molecule has 0 aliphatic rings. The topological polar surface area (TPSA) is 55.8 Å². The molecular formula is C19H28O4. The van der Waals surface area contributed by atoms with E-state index in [1.807, 2.05) is 32.1 Å². The van der Waals surface area contributed by atoms with E-state index in [4.69, 9.17) is 14.6 Å². The van der Waals surface area contributed by atoms with E-state index in [9.17, 15) is 4.79 Å². The number of hydrogen-bond acceptors (Lipinski definition) is 3. The van der Waals surface area contributed by atoms with Gasteiger partial charge in [-0.3, -0.25) is 0 Å². The second-order valence-corrected chi connectivity index (χ2v) is 6.92. The lowest BCUT2D eigenvalue weighted by molar-refractivity contribution is -0.149. The monoisotopic (exact) mass is 320 g/mol. The summed E-state index contributed by atoms with van der Waals surface area (Å²) in [5, 5.41) is 8.67. The van der Waals surface area contributed by atoms with Crippen molar-refractivity contribution in [3.05, 3.63) is 42.0 Å². The van der Waals surface area contributed by atoms with Gasteiger partial charge in [0.15, 0.2) is 0 Å². The summed E-state index contributed by atoms with van der Waals surface area (Å²) >= 11 is 0. The lowest BCUT2D eigenvalue weighted by Crippen LogP contribution is -2.33. The van der Waals surface area contributed by atoms with Crippen molar-refractivity contribution in [1.82, 2.24) is 0 Å². The van der Waals surface area contributed by atoms with Gasteiger partial charge in [0.2, 0.25) is 0 Å². The summed E-state index contributed by atoms with van der Waals surface area (Å²) in [6.45, 7) is 11.8. The average molecular weight is 320 g/mol. The third kappa shape index (κ3) is 7.95. The maximum atomic E-state index is 10.6. The Bertz CT molecular complexity index is 515. The van der Waals surface area contributed by atoms with E-state index in [1.54, 1.807) is 0 Å². The summed E-state index contributed by atoms with van der Waals surface area (Å²) in [7, 11) is 0. The second-order valence-electron chi connectivity index (χ2n) is 6.92. The summed E-state index contributed by atoms with van der Waals surface area (Å²) in [6, 6.07) is 8.26. The molecule has 0 heterocycles. The van der Waals surface area contributed by atoms with Crippen molar-refractivity contribution in [2.75, 3.05) is 13.2 Å². The minimum atomic E-state index is -0.956. The molecule has 0 unspecified atom stereocenters. The van der Waals surface area contributed by atoms with Crippen LogP contribution in [0.4, 0.5) is 0 Å². The number of rotatable bonds is 10. The fourth-order valence-corrected chi connectivity index (χ4v) is 2.22. The Morgan fingerprint density at radius 1 is 1.13 bits per heavy atom. The largest absolute Gasteiger partial charge is 0.480 e. The molecule has 0 amide bonds. The van der Waals surface area contributed by atoms with Crippen molar-refractivity contribution in [1.29, 1.82) is 0 Å². The molecule has 0 spiro atoms. The fourth-order valence-electron chi connectivity index (χ4n) is 2.22. The maximum absolute atomic E-state index is 10.6. The molecule has 0 aromatic heterocycles. The summed E-state index contributed by atoms with van der Waals surface area (Å²) in [5.41, 5.74) is 1.50. The van der Waals surface area contributed by atoms with Crippen LogP contribution in [0, 0.1) is 0 Å². The molecule has 0 saturated carbocycles. The second kappa shape index (κ2) is 8.27. The zero-order valence-electron chi connectivity index (χ0n) is 14.6. The molecule has 0 atom stereocenters. The molecular weight excluding hydrogens is 292 g/mol. The van der Waals surface area contributed by atoms with Gasteiger partial charge in [0.05, 0.1) is 17.8 Å². The summed E-state index contributed by atoms with van der Waals surface area (Å²) in [6.07, 6.45) is 3.27. The Kier molecular flexibility index (Phi) is 6.98. The number of carbonyl (C=O) groups is 1. The highest BCUT2D eigenvalue weighted by Gasteiger charge is 2.23. The highest BCUT2D eigenvalue weighted by molar-refractivity contribution is 5.68. The predicted octanol–water partition coefficient (Wildman–Crippen LogP) is 3.94. The van der Waals surface area contributed by atoms with Crippen molar-refractivity contribution in [2.24, 2.45) is 0 Å². The fraction of sp³-hybridized carbons (Fsp3) is 0.526. The van der Waals surface area contributed by atoms with Crippen LogP contribution in [0.3, 0.4) is 0 Å². The molecule has 0 fully saturated rings. The summed E-state index contributed by atoms with van der Waals surface area (Å²) in [5.74, 6) is -0.956. The number of benzene rings is 1. The van der Waals surface area contributed by atoms with Gasteiger partial charge in [0, 0.05) is 6.42 Å². The number of ether oxygens (including phenoxy) is 2. The zero-order chi connectivity index (χ0) is 17.5. The van der Waals surface area contributed by atoms with Crippen LogP contribution in [0.1, 0.15) is 45.2 Å². The molecule has 0 aliphatic carbocycles. The first-order chi connectivity index (χ1) is 10.6. The molecule has 4 nitrogen and oxygen atoms in total. The van der Waals surface area contributed by atoms with E-state index in [2.05, 4.69) is 32.6 Å². The van der Waals surface area contributed by atoms with Crippen LogP contribution in [0.25, 0.3) is 6.08 Å². The summed E-state index contributed by atoms with van der Waals surface area (Å²) in [4.78, 5) is 10.6.